The molecule has 0 aliphatic carbocycles. The van der Waals surface area contributed by atoms with E-state index in [0.717, 1.165) is 18.5 Å². The first-order chi connectivity index (χ1) is 10.3. The molecule has 0 unspecified atom stereocenters. The Kier molecular flexibility index (Phi) is 4.69. The Balaban J connectivity index is 2.09. The minimum absolute atomic E-state index is 0.283. The summed E-state index contributed by atoms with van der Waals surface area (Å²) >= 11 is 0. The van der Waals surface area contributed by atoms with Gasteiger partial charge >= 0.3 is 5.97 Å². The van der Waals surface area contributed by atoms with E-state index in [4.69, 9.17) is 4.74 Å². The fourth-order valence-corrected chi connectivity index (χ4v) is 2.29. The van der Waals surface area contributed by atoms with Crippen LogP contribution in [0.15, 0.2) is 30.5 Å². The van der Waals surface area contributed by atoms with Gasteiger partial charge in [-0.1, -0.05) is 12.1 Å². The first-order valence-electron chi connectivity index (χ1n) is 7.63. The third-order valence-electron chi connectivity index (χ3n) is 3.49. The average Bonchev–Trinajstić information content (AvgIpc) is 2.78. The second kappa shape index (κ2) is 6.34. The van der Waals surface area contributed by atoms with Crippen LogP contribution < -0.4 is 0 Å². The SMILES string of the molecule is CCn1ncc(Cc2ccc(C(=O)OC(C)(C)C)cc2)c1C. The molecule has 1 heterocycles. The van der Waals surface area contributed by atoms with Gasteiger partial charge in [0.2, 0.25) is 0 Å². The molecule has 0 aliphatic rings. The van der Waals surface area contributed by atoms with Crippen molar-refractivity contribution in [3.8, 4) is 0 Å². The Morgan fingerprint density at radius 3 is 2.36 bits per heavy atom. The number of esters is 1. The summed E-state index contributed by atoms with van der Waals surface area (Å²) in [5.41, 5.74) is 3.68. The van der Waals surface area contributed by atoms with Crippen molar-refractivity contribution in [2.75, 3.05) is 0 Å². The van der Waals surface area contributed by atoms with Gasteiger partial charge < -0.3 is 4.74 Å². The van der Waals surface area contributed by atoms with Crippen molar-refractivity contribution in [3.63, 3.8) is 0 Å². The molecule has 0 saturated heterocycles. The quantitative estimate of drug-likeness (QED) is 0.808. The summed E-state index contributed by atoms with van der Waals surface area (Å²) in [5, 5.41) is 4.36. The van der Waals surface area contributed by atoms with Crippen molar-refractivity contribution < 1.29 is 9.53 Å². The highest BCUT2D eigenvalue weighted by Crippen LogP contribution is 2.16. The number of aromatic nitrogens is 2. The van der Waals surface area contributed by atoms with Crippen molar-refractivity contribution in [2.24, 2.45) is 0 Å². The number of carbonyl (C=O) groups is 1. The van der Waals surface area contributed by atoms with Crippen LogP contribution in [0.25, 0.3) is 0 Å². The standard InChI is InChI=1S/C18H24N2O2/c1-6-20-13(2)16(12-19-20)11-14-7-9-15(10-8-14)17(21)22-18(3,4)5/h7-10,12H,6,11H2,1-5H3. The molecule has 1 aromatic carbocycles. The van der Waals surface area contributed by atoms with Gasteiger partial charge in [0.05, 0.1) is 11.8 Å². The zero-order chi connectivity index (χ0) is 16.3. The summed E-state index contributed by atoms with van der Waals surface area (Å²) in [4.78, 5) is 12.0. The molecular formula is C18H24N2O2. The van der Waals surface area contributed by atoms with E-state index in [9.17, 15) is 4.79 Å². The van der Waals surface area contributed by atoms with E-state index in [1.807, 2.05) is 55.9 Å². The topological polar surface area (TPSA) is 44.1 Å². The first-order valence-corrected chi connectivity index (χ1v) is 7.63. The lowest BCUT2D eigenvalue weighted by Gasteiger charge is -2.19. The molecule has 4 heteroatoms. The summed E-state index contributed by atoms with van der Waals surface area (Å²) in [6, 6.07) is 7.59. The summed E-state index contributed by atoms with van der Waals surface area (Å²) < 4.78 is 7.36. The second-order valence-corrected chi connectivity index (χ2v) is 6.45. The van der Waals surface area contributed by atoms with Gasteiger partial charge in [0.15, 0.2) is 0 Å². The van der Waals surface area contributed by atoms with E-state index < -0.39 is 5.60 Å². The average molecular weight is 300 g/mol. The van der Waals surface area contributed by atoms with E-state index in [1.165, 1.54) is 11.3 Å². The van der Waals surface area contributed by atoms with Gasteiger partial charge in [-0.2, -0.15) is 5.10 Å². The molecule has 0 amide bonds. The van der Waals surface area contributed by atoms with E-state index in [2.05, 4.69) is 18.9 Å². The van der Waals surface area contributed by atoms with Crippen LogP contribution in [-0.4, -0.2) is 21.4 Å². The number of carbonyl (C=O) groups excluding carboxylic acids is 1. The first kappa shape index (κ1) is 16.3. The molecule has 0 fully saturated rings. The van der Waals surface area contributed by atoms with Gasteiger partial charge in [0.25, 0.3) is 0 Å². The number of ether oxygens (including phenoxy) is 1. The lowest BCUT2D eigenvalue weighted by Crippen LogP contribution is -2.23. The molecule has 4 nitrogen and oxygen atoms in total. The number of rotatable bonds is 4. The Bertz CT molecular complexity index is 649. The summed E-state index contributed by atoms with van der Waals surface area (Å²) in [6.07, 6.45) is 2.74. The lowest BCUT2D eigenvalue weighted by atomic mass is 10.0. The number of hydrogen-bond acceptors (Lipinski definition) is 3. The van der Waals surface area contributed by atoms with E-state index >= 15 is 0 Å². The maximum atomic E-state index is 12.0. The summed E-state index contributed by atoms with van der Waals surface area (Å²) in [7, 11) is 0. The Morgan fingerprint density at radius 1 is 1.23 bits per heavy atom. The molecule has 118 valence electrons. The minimum atomic E-state index is -0.471. The van der Waals surface area contributed by atoms with Crippen LogP contribution in [-0.2, 0) is 17.7 Å². The predicted molar refractivity (Wildman–Crippen MR) is 87.1 cm³/mol. The highest BCUT2D eigenvalue weighted by Gasteiger charge is 2.17. The van der Waals surface area contributed by atoms with Crippen LogP contribution in [0.4, 0.5) is 0 Å². The molecule has 0 bridgehead atoms. The van der Waals surface area contributed by atoms with E-state index in [1.54, 1.807) is 0 Å². The highest BCUT2D eigenvalue weighted by atomic mass is 16.6. The van der Waals surface area contributed by atoms with Crippen LogP contribution in [0.2, 0.25) is 0 Å². The Labute approximate surface area is 132 Å². The number of nitrogens with zero attached hydrogens (tertiary/aromatic N) is 2. The molecule has 0 saturated carbocycles. The van der Waals surface area contributed by atoms with Crippen LogP contribution in [0.3, 0.4) is 0 Å². The normalized spacial score (nSPS) is 11.5. The molecule has 0 spiro atoms. The maximum absolute atomic E-state index is 12.0. The van der Waals surface area contributed by atoms with Crippen molar-refractivity contribution in [1.82, 2.24) is 9.78 Å². The molecule has 0 N–H and O–H groups in total. The van der Waals surface area contributed by atoms with Crippen molar-refractivity contribution in [1.29, 1.82) is 0 Å². The highest BCUT2D eigenvalue weighted by molar-refractivity contribution is 5.89. The maximum Gasteiger partial charge on any atom is 0.338 e. The van der Waals surface area contributed by atoms with E-state index in [-0.39, 0.29) is 5.97 Å². The van der Waals surface area contributed by atoms with Crippen molar-refractivity contribution in [2.45, 2.75) is 53.2 Å². The summed E-state index contributed by atoms with van der Waals surface area (Å²) in [6.45, 7) is 10.7. The molecule has 2 aromatic rings. The Hall–Kier alpha value is -2.10. The molecule has 2 rings (SSSR count). The summed E-state index contributed by atoms with van der Waals surface area (Å²) in [5.74, 6) is -0.283. The van der Waals surface area contributed by atoms with Gasteiger partial charge in [-0.25, -0.2) is 4.79 Å². The predicted octanol–water partition coefficient (Wildman–Crippen LogP) is 3.76. The fraction of sp³-hybridized carbons (Fsp3) is 0.444. The molecule has 0 atom stereocenters. The number of aryl methyl sites for hydroxylation is 1. The molecule has 0 aliphatic heterocycles. The van der Waals surface area contributed by atoms with Crippen LogP contribution >= 0.6 is 0 Å². The monoisotopic (exact) mass is 300 g/mol. The molecule has 1 aromatic heterocycles. The van der Waals surface area contributed by atoms with Crippen molar-refractivity contribution >= 4 is 5.97 Å². The van der Waals surface area contributed by atoms with Crippen LogP contribution in [0.5, 0.6) is 0 Å². The zero-order valence-electron chi connectivity index (χ0n) is 14.0. The minimum Gasteiger partial charge on any atom is -0.456 e. The second-order valence-electron chi connectivity index (χ2n) is 6.45. The fourth-order valence-electron chi connectivity index (χ4n) is 2.29. The largest absolute Gasteiger partial charge is 0.456 e. The molecular weight excluding hydrogens is 276 g/mol. The number of benzene rings is 1. The Morgan fingerprint density at radius 2 is 1.86 bits per heavy atom. The van der Waals surface area contributed by atoms with Crippen LogP contribution in [0.1, 0.15) is 54.9 Å². The molecule has 0 radical (unpaired) electrons. The third kappa shape index (κ3) is 3.97. The van der Waals surface area contributed by atoms with Crippen LogP contribution in [0, 0.1) is 6.92 Å². The van der Waals surface area contributed by atoms with Gasteiger partial charge in [0.1, 0.15) is 5.60 Å². The smallest absolute Gasteiger partial charge is 0.338 e. The van der Waals surface area contributed by atoms with Gasteiger partial charge in [-0.15, -0.1) is 0 Å². The number of hydrogen-bond donors (Lipinski definition) is 0. The van der Waals surface area contributed by atoms with Gasteiger partial charge in [-0.3, -0.25) is 4.68 Å². The third-order valence-corrected chi connectivity index (χ3v) is 3.49. The van der Waals surface area contributed by atoms with Crippen molar-refractivity contribution in [3.05, 3.63) is 52.8 Å². The molecule has 22 heavy (non-hydrogen) atoms. The van der Waals surface area contributed by atoms with Gasteiger partial charge in [0, 0.05) is 18.7 Å². The van der Waals surface area contributed by atoms with Gasteiger partial charge in [-0.05, 0) is 57.9 Å². The lowest BCUT2D eigenvalue weighted by molar-refractivity contribution is 0.00695. The van der Waals surface area contributed by atoms with E-state index in [0.29, 0.717) is 5.56 Å². The zero-order valence-corrected chi connectivity index (χ0v) is 14.0.